The summed E-state index contributed by atoms with van der Waals surface area (Å²) in [6.07, 6.45) is 0.211. The fraction of sp³-hybridized carbons (Fsp3) is 0.179. The SMILES string of the molecule is CN(Cc1ccc(N(C)C)cc1)C1=Nc2ccccc2C(CC(=O)NCc2ccc(F)cc2)N1c1ccc(-c2ccccc2)cc1. The molecule has 1 unspecified atom stereocenters. The highest BCUT2D eigenvalue weighted by Gasteiger charge is 2.34. The molecule has 0 bridgehead atoms. The number of carbonyl (C=O) groups excluding carboxylic acids is 1. The molecule has 5 aromatic rings. The monoisotopic (exact) mass is 611 g/mol. The minimum absolute atomic E-state index is 0.0989. The molecule has 0 saturated carbocycles. The van der Waals surface area contributed by atoms with Gasteiger partial charge in [-0.1, -0.05) is 84.9 Å². The van der Waals surface area contributed by atoms with Crippen molar-refractivity contribution in [3.63, 3.8) is 0 Å². The van der Waals surface area contributed by atoms with E-state index < -0.39 is 0 Å². The Morgan fingerprint density at radius 1 is 0.761 bits per heavy atom. The van der Waals surface area contributed by atoms with E-state index in [0.717, 1.165) is 50.8 Å². The Morgan fingerprint density at radius 2 is 1.39 bits per heavy atom. The molecule has 0 fully saturated rings. The molecule has 1 heterocycles. The highest BCUT2D eigenvalue weighted by molar-refractivity contribution is 6.01. The quantitative estimate of drug-likeness (QED) is 0.184. The largest absolute Gasteiger partial charge is 0.378 e. The number of benzene rings is 5. The van der Waals surface area contributed by atoms with Gasteiger partial charge in [-0.15, -0.1) is 0 Å². The van der Waals surface area contributed by atoms with E-state index in [1.807, 2.05) is 57.5 Å². The van der Waals surface area contributed by atoms with E-state index in [-0.39, 0.29) is 24.2 Å². The van der Waals surface area contributed by atoms with Gasteiger partial charge in [-0.25, -0.2) is 9.38 Å². The van der Waals surface area contributed by atoms with Gasteiger partial charge in [-0.2, -0.15) is 0 Å². The van der Waals surface area contributed by atoms with Gasteiger partial charge in [0.1, 0.15) is 5.82 Å². The van der Waals surface area contributed by atoms with Crippen molar-refractivity contribution >= 4 is 28.9 Å². The molecule has 46 heavy (non-hydrogen) atoms. The number of fused-ring (bicyclic) bond motifs is 1. The molecule has 6 nitrogen and oxygen atoms in total. The van der Waals surface area contributed by atoms with Gasteiger partial charge in [-0.3, -0.25) is 4.79 Å². The number of carbonyl (C=O) groups is 1. The van der Waals surface area contributed by atoms with Gasteiger partial charge in [0.2, 0.25) is 11.9 Å². The van der Waals surface area contributed by atoms with Gasteiger partial charge in [-0.05, 0) is 64.7 Å². The maximum absolute atomic E-state index is 13.6. The molecule has 1 aliphatic rings. The number of guanidine groups is 1. The van der Waals surface area contributed by atoms with Crippen LogP contribution in [0.25, 0.3) is 11.1 Å². The number of halogens is 1. The van der Waals surface area contributed by atoms with Crippen molar-refractivity contribution < 1.29 is 9.18 Å². The average molecular weight is 612 g/mol. The number of hydrogen-bond donors (Lipinski definition) is 1. The van der Waals surface area contributed by atoms with Crippen LogP contribution in [0, 0.1) is 5.82 Å². The first kappa shape index (κ1) is 30.6. The van der Waals surface area contributed by atoms with Crippen molar-refractivity contribution in [2.24, 2.45) is 4.99 Å². The molecule has 0 spiro atoms. The number of nitrogens with one attached hydrogen (secondary N) is 1. The van der Waals surface area contributed by atoms with E-state index in [1.165, 1.54) is 12.1 Å². The van der Waals surface area contributed by atoms with Crippen molar-refractivity contribution in [2.45, 2.75) is 25.6 Å². The lowest BCUT2D eigenvalue weighted by Gasteiger charge is -2.41. The first-order chi connectivity index (χ1) is 22.4. The Hall–Kier alpha value is -5.43. The highest BCUT2D eigenvalue weighted by Crippen LogP contribution is 2.41. The first-order valence-electron chi connectivity index (χ1n) is 15.5. The summed E-state index contributed by atoms with van der Waals surface area (Å²) in [5.74, 6) is 0.366. The van der Waals surface area contributed by atoms with Crippen LogP contribution in [-0.2, 0) is 17.9 Å². The van der Waals surface area contributed by atoms with Crippen LogP contribution < -0.4 is 15.1 Å². The predicted octanol–water partition coefficient (Wildman–Crippen LogP) is 7.95. The molecule has 1 aliphatic heterocycles. The summed E-state index contributed by atoms with van der Waals surface area (Å²) in [5, 5.41) is 3.05. The van der Waals surface area contributed by atoms with Gasteiger partial charge in [0.25, 0.3) is 0 Å². The van der Waals surface area contributed by atoms with Crippen LogP contribution >= 0.6 is 0 Å². The summed E-state index contributed by atoms with van der Waals surface area (Å²) in [6, 6.07) is 41.2. The second-order valence-corrected chi connectivity index (χ2v) is 11.8. The normalized spacial score (nSPS) is 13.9. The zero-order valence-corrected chi connectivity index (χ0v) is 26.4. The molecule has 0 aliphatic carbocycles. The number of nitrogens with zero attached hydrogens (tertiary/aromatic N) is 4. The predicted molar refractivity (Wildman–Crippen MR) is 186 cm³/mol. The number of para-hydroxylation sites is 1. The maximum Gasteiger partial charge on any atom is 0.222 e. The molecule has 1 N–H and O–H groups in total. The molecule has 232 valence electrons. The summed E-state index contributed by atoms with van der Waals surface area (Å²) in [7, 11) is 6.11. The zero-order chi connectivity index (χ0) is 32.0. The fourth-order valence-electron chi connectivity index (χ4n) is 5.82. The summed E-state index contributed by atoms with van der Waals surface area (Å²) >= 11 is 0. The molecule has 5 aromatic carbocycles. The van der Waals surface area contributed by atoms with Crippen LogP contribution in [0.5, 0.6) is 0 Å². The lowest BCUT2D eigenvalue weighted by Crippen LogP contribution is -2.47. The van der Waals surface area contributed by atoms with Gasteiger partial charge < -0.3 is 20.0 Å². The summed E-state index contributed by atoms with van der Waals surface area (Å²) in [6.45, 7) is 0.958. The Kier molecular flexibility index (Phi) is 9.10. The van der Waals surface area contributed by atoms with Gasteiger partial charge in [0, 0.05) is 51.2 Å². The molecule has 0 aromatic heterocycles. The average Bonchev–Trinajstić information content (AvgIpc) is 3.08. The van der Waals surface area contributed by atoms with Crippen LogP contribution in [0.1, 0.15) is 29.2 Å². The minimum Gasteiger partial charge on any atom is -0.378 e. The smallest absolute Gasteiger partial charge is 0.222 e. The van der Waals surface area contributed by atoms with Gasteiger partial charge >= 0.3 is 0 Å². The van der Waals surface area contributed by atoms with E-state index >= 15 is 0 Å². The van der Waals surface area contributed by atoms with Crippen molar-refractivity contribution in [1.29, 1.82) is 0 Å². The molecule has 1 atom stereocenters. The van der Waals surface area contributed by atoms with E-state index in [4.69, 9.17) is 4.99 Å². The first-order valence-corrected chi connectivity index (χ1v) is 15.5. The Labute approximate surface area is 270 Å². The summed E-state index contributed by atoms with van der Waals surface area (Å²) < 4.78 is 13.4. The van der Waals surface area contributed by atoms with Crippen LogP contribution in [-0.4, -0.2) is 37.9 Å². The molecule has 1 amide bonds. The Morgan fingerprint density at radius 3 is 2.09 bits per heavy atom. The summed E-state index contributed by atoms with van der Waals surface area (Å²) in [5.41, 5.74) is 8.17. The Bertz CT molecular complexity index is 1800. The Balaban J connectivity index is 1.34. The van der Waals surface area contributed by atoms with Gasteiger partial charge in [0.05, 0.1) is 18.2 Å². The topological polar surface area (TPSA) is 51.2 Å². The number of rotatable bonds is 9. The van der Waals surface area contributed by atoms with Crippen molar-refractivity contribution in [2.75, 3.05) is 30.9 Å². The lowest BCUT2D eigenvalue weighted by molar-refractivity contribution is -0.121. The number of anilines is 2. The number of amides is 1. The van der Waals surface area contributed by atoms with E-state index in [0.29, 0.717) is 13.1 Å². The molecule has 6 rings (SSSR count). The second kappa shape index (κ2) is 13.7. The second-order valence-electron chi connectivity index (χ2n) is 11.8. The molecule has 0 radical (unpaired) electrons. The molecule has 7 heteroatoms. The van der Waals surface area contributed by atoms with E-state index in [2.05, 4.69) is 86.7 Å². The van der Waals surface area contributed by atoms with Crippen LogP contribution in [0.15, 0.2) is 132 Å². The maximum atomic E-state index is 13.6. The summed E-state index contributed by atoms with van der Waals surface area (Å²) in [4.78, 5) is 25.2. The number of aliphatic imine (C=N–C) groups is 1. The van der Waals surface area contributed by atoms with Crippen LogP contribution in [0.4, 0.5) is 21.5 Å². The third-order valence-electron chi connectivity index (χ3n) is 8.29. The van der Waals surface area contributed by atoms with Crippen molar-refractivity contribution in [3.8, 4) is 11.1 Å². The standard InChI is InChI=1S/C39H38FN5O/c1-43(2)33-21-15-29(16-22-33)27-44(3)39-42-36-12-8-7-11-35(36)37(25-38(46)41-26-28-13-19-32(40)20-14-28)45(39)34-23-17-31(18-24-34)30-9-5-4-6-10-30/h4-24,37H,25-27H2,1-3H3,(H,41,46). The van der Waals surface area contributed by atoms with Crippen molar-refractivity contribution in [3.05, 3.63) is 150 Å². The lowest BCUT2D eigenvalue weighted by atomic mass is 9.96. The van der Waals surface area contributed by atoms with Crippen LogP contribution in [0.2, 0.25) is 0 Å². The van der Waals surface area contributed by atoms with Crippen LogP contribution in [0.3, 0.4) is 0 Å². The van der Waals surface area contributed by atoms with E-state index in [1.54, 1.807) is 12.1 Å². The number of hydrogen-bond acceptors (Lipinski definition) is 5. The van der Waals surface area contributed by atoms with Gasteiger partial charge in [0.15, 0.2) is 0 Å². The minimum atomic E-state index is -0.307. The molecule has 0 saturated heterocycles. The molecular weight excluding hydrogens is 573 g/mol. The third-order valence-corrected chi connectivity index (χ3v) is 8.29. The zero-order valence-electron chi connectivity index (χ0n) is 26.4. The third kappa shape index (κ3) is 6.94. The highest BCUT2D eigenvalue weighted by atomic mass is 19.1. The fourth-order valence-corrected chi connectivity index (χ4v) is 5.82. The molecular formula is C39H38FN5O. The van der Waals surface area contributed by atoms with Crippen molar-refractivity contribution in [1.82, 2.24) is 10.2 Å². The van der Waals surface area contributed by atoms with E-state index in [9.17, 15) is 9.18 Å².